The number of rotatable bonds is 2. The second kappa shape index (κ2) is 3.76. The van der Waals surface area contributed by atoms with E-state index in [1.165, 1.54) is 37.9 Å². The molecule has 0 unspecified atom stereocenters. The van der Waals surface area contributed by atoms with Gasteiger partial charge in [-0.25, -0.2) is 0 Å². The number of piperidine rings is 1. The minimum Gasteiger partial charge on any atom is -0.367 e. The molecule has 1 aliphatic rings. The molecule has 0 aliphatic carbocycles. The van der Waals surface area contributed by atoms with Gasteiger partial charge in [0.05, 0.1) is 0 Å². The van der Waals surface area contributed by atoms with Gasteiger partial charge in [-0.05, 0) is 37.6 Å². The van der Waals surface area contributed by atoms with Gasteiger partial charge < -0.3 is 4.98 Å². The molecule has 12 heavy (non-hydrogen) atoms. The van der Waals surface area contributed by atoms with Crippen molar-refractivity contribution in [3.8, 4) is 0 Å². The van der Waals surface area contributed by atoms with Crippen molar-refractivity contribution in [1.29, 1.82) is 0 Å². The van der Waals surface area contributed by atoms with E-state index in [-0.39, 0.29) is 0 Å². The number of nitrogens with zero attached hydrogens (tertiary/aromatic N) is 1. The minimum atomic E-state index is 1.13. The predicted molar refractivity (Wildman–Crippen MR) is 49.9 cm³/mol. The summed E-state index contributed by atoms with van der Waals surface area (Å²) < 4.78 is 0. The smallest absolute Gasteiger partial charge is 0.0248 e. The first-order valence-electron chi connectivity index (χ1n) is 4.79. The molecule has 1 aromatic heterocycles. The summed E-state index contributed by atoms with van der Waals surface area (Å²) in [5.74, 6) is 0. The largest absolute Gasteiger partial charge is 0.367 e. The fraction of sp³-hybridized carbons (Fsp3) is 0.600. The Morgan fingerprint density at radius 3 is 2.75 bits per heavy atom. The number of likely N-dealkylation sites (tertiary alicyclic amines) is 1. The molecular weight excluding hydrogens is 148 g/mol. The Hall–Kier alpha value is -0.760. The van der Waals surface area contributed by atoms with Crippen molar-refractivity contribution in [1.82, 2.24) is 9.88 Å². The van der Waals surface area contributed by atoms with Gasteiger partial charge in [-0.3, -0.25) is 4.90 Å². The molecule has 1 aliphatic heterocycles. The molecule has 2 heterocycles. The van der Waals surface area contributed by atoms with Crippen LogP contribution in [0.5, 0.6) is 0 Å². The first kappa shape index (κ1) is 7.87. The normalized spacial score (nSPS) is 19.7. The SMILES string of the molecule is c1cc(CN2CCCCC2)c[nH]1. The summed E-state index contributed by atoms with van der Waals surface area (Å²) >= 11 is 0. The molecule has 2 rings (SSSR count). The lowest BCUT2D eigenvalue weighted by molar-refractivity contribution is 0.221. The lowest BCUT2D eigenvalue weighted by Crippen LogP contribution is -2.28. The Morgan fingerprint density at radius 1 is 1.25 bits per heavy atom. The van der Waals surface area contributed by atoms with Gasteiger partial charge in [0.25, 0.3) is 0 Å². The Labute approximate surface area is 73.6 Å². The summed E-state index contributed by atoms with van der Waals surface area (Å²) in [5.41, 5.74) is 1.41. The first-order valence-corrected chi connectivity index (χ1v) is 4.79. The Bertz CT molecular complexity index is 210. The number of H-pyrrole nitrogens is 1. The summed E-state index contributed by atoms with van der Waals surface area (Å²) in [6.45, 7) is 3.69. The quantitative estimate of drug-likeness (QED) is 0.708. The van der Waals surface area contributed by atoms with Gasteiger partial charge in [-0.15, -0.1) is 0 Å². The van der Waals surface area contributed by atoms with E-state index in [9.17, 15) is 0 Å². The molecule has 0 radical (unpaired) electrons. The fourth-order valence-corrected chi connectivity index (χ4v) is 1.83. The van der Waals surface area contributed by atoms with Crippen molar-refractivity contribution in [3.05, 3.63) is 24.0 Å². The molecule has 66 valence electrons. The van der Waals surface area contributed by atoms with Crippen molar-refractivity contribution in [2.24, 2.45) is 0 Å². The molecule has 1 fully saturated rings. The molecule has 0 saturated carbocycles. The third kappa shape index (κ3) is 1.89. The summed E-state index contributed by atoms with van der Waals surface area (Å²) in [5, 5.41) is 0. The Balaban J connectivity index is 1.86. The highest BCUT2D eigenvalue weighted by atomic mass is 15.1. The average molecular weight is 164 g/mol. The van der Waals surface area contributed by atoms with Gasteiger partial charge in [-0.1, -0.05) is 6.42 Å². The van der Waals surface area contributed by atoms with Crippen molar-refractivity contribution in [2.45, 2.75) is 25.8 Å². The highest BCUT2D eigenvalue weighted by Gasteiger charge is 2.09. The van der Waals surface area contributed by atoms with E-state index in [2.05, 4.69) is 22.1 Å². The number of aromatic amines is 1. The molecule has 0 bridgehead atoms. The zero-order valence-corrected chi connectivity index (χ0v) is 7.42. The zero-order chi connectivity index (χ0) is 8.23. The van der Waals surface area contributed by atoms with E-state index in [1.807, 2.05) is 6.20 Å². The molecule has 1 saturated heterocycles. The van der Waals surface area contributed by atoms with E-state index in [0.717, 1.165) is 6.54 Å². The van der Waals surface area contributed by atoms with Gasteiger partial charge in [0.2, 0.25) is 0 Å². The highest BCUT2D eigenvalue weighted by molar-refractivity contribution is 5.07. The van der Waals surface area contributed by atoms with Crippen LogP contribution in [0.25, 0.3) is 0 Å². The predicted octanol–water partition coefficient (Wildman–Crippen LogP) is 2.00. The van der Waals surface area contributed by atoms with Gasteiger partial charge >= 0.3 is 0 Å². The van der Waals surface area contributed by atoms with Gasteiger partial charge in [0.1, 0.15) is 0 Å². The third-order valence-corrected chi connectivity index (χ3v) is 2.52. The Morgan fingerprint density at radius 2 is 2.08 bits per heavy atom. The molecular formula is C10H16N2. The summed E-state index contributed by atoms with van der Waals surface area (Å²) in [6.07, 6.45) is 8.27. The van der Waals surface area contributed by atoms with Crippen LogP contribution in [0.3, 0.4) is 0 Å². The molecule has 0 atom stereocenters. The van der Waals surface area contributed by atoms with Crippen molar-refractivity contribution < 1.29 is 0 Å². The number of nitrogens with one attached hydrogen (secondary N) is 1. The lowest BCUT2D eigenvalue weighted by atomic mass is 10.1. The van der Waals surface area contributed by atoms with E-state index >= 15 is 0 Å². The third-order valence-electron chi connectivity index (χ3n) is 2.52. The topological polar surface area (TPSA) is 19.0 Å². The van der Waals surface area contributed by atoms with Crippen LogP contribution in [-0.2, 0) is 6.54 Å². The van der Waals surface area contributed by atoms with Crippen LogP contribution in [0, 0.1) is 0 Å². The van der Waals surface area contributed by atoms with Crippen molar-refractivity contribution in [2.75, 3.05) is 13.1 Å². The van der Waals surface area contributed by atoms with Crippen LogP contribution in [0.2, 0.25) is 0 Å². The average Bonchev–Trinajstić information content (AvgIpc) is 2.59. The number of hydrogen-bond donors (Lipinski definition) is 1. The van der Waals surface area contributed by atoms with Gasteiger partial charge in [0, 0.05) is 18.9 Å². The molecule has 0 amide bonds. The summed E-state index contributed by atoms with van der Waals surface area (Å²) in [4.78, 5) is 5.63. The molecule has 0 aromatic carbocycles. The maximum absolute atomic E-state index is 3.09. The van der Waals surface area contributed by atoms with Crippen LogP contribution in [0.4, 0.5) is 0 Å². The molecule has 2 heteroatoms. The molecule has 0 spiro atoms. The molecule has 1 N–H and O–H groups in total. The molecule has 1 aromatic rings. The maximum atomic E-state index is 3.09. The van der Waals surface area contributed by atoms with E-state index in [0.29, 0.717) is 0 Å². The van der Waals surface area contributed by atoms with Gasteiger partial charge in [-0.2, -0.15) is 0 Å². The van der Waals surface area contributed by atoms with Crippen molar-refractivity contribution in [3.63, 3.8) is 0 Å². The van der Waals surface area contributed by atoms with E-state index < -0.39 is 0 Å². The summed E-state index contributed by atoms with van der Waals surface area (Å²) in [7, 11) is 0. The maximum Gasteiger partial charge on any atom is 0.0248 e. The molecule has 2 nitrogen and oxygen atoms in total. The first-order chi connectivity index (χ1) is 5.95. The fourth-order valence-electron chi connectivity index (χ4n) is 1.83. The highest BCUT2D eigenvalue weighted by Crippen LogP contribution is 2.11. The van der Waals surface area contributed by atoms with E-state index in [4.69, 9.17) is 0 Å². The second-order valence-electron chi connectivity index (χ2n) is 3.56. The van der Waals surface area contributed by atoms with Crippen molar-refractivity contribution >= 4 is 0 Å². The zero-order valence-electron chi connectivity index (χ0n) is 7.42. The second-order valence-corrected chi connectivity index (χ2v) is 3.56. The van der Waals surface area contributed by atoms with Crippen LogP contribution in [0.15, 0.2) is 18.5 Å². The number of aromatic nitrogens is 1. The number of hydrogen-bond acceptors (Lipinski definition) is 1. The standard InChI is InChI=1S/C10H16N2/c1-2-6-12(7-3-1)9-10-4-5-11-8-10/h4-5,8,11H,1-3,6-7,9H2. The summed E-state index contributed by atoms with van der Waals surface area (Å²) in [6, 6.07) is 2.16. The van der Waals surface area contributed by atoms with Gasteiger partial charge in [0.15, 0.2) is 0 Å². The van der Waals surface area contributed by atoms with Crippen LogP contribution < -0.4 is 0 Å². The van der Waals surface area contributed by atoms with Crippen LogP contribution >= 0.6 is 0 Å². The lowest BCUT2D eigenvalue weighted by Gasteiger charge is -2.25. The Kier molecular flexibility index (Phi) is 2.47. The van der Waals surface area contributed by atoms with Crippen LogP contribution in [0.1, 0.15) is 24.8 Å². The monoisotopic (exact) mass is 164 g/mol. The van der Waals surface area contributed by atoms with Crippen LogP contribution in [-0.4, -0.2) is 23.0 Å². The van der Waals surface area contributed by atoms with E-state index in [1.54, 1.807) is 0 Å². The minimum absolute atomic E-state index is 1.13.